The summed E-state index contributed by atoms with van der Waals surface area (Å²) in [6.07, 6.45) is 0.589. The van der Waals surface area contributed by atoms with Crippen LogP contribution in [-0.4, -0.2) is 44.0 Å². The summed E-state index contributed by atoms with van der Waals surface area (Å²) in [4.78, 5) is 3.76. The van der Waals surface area contributed by atoms with Gasteiger partial charge < -0.3 is 4.74 Å². The Morgan fingerprint density at radius 2 is 2.26 bits per heavy atom. The first kappa shape index (κ1) is 14.4. The van der Waals surface area contributed by atoms with E-state index in [1.807, 2.05) is 11.8 Å². The van der Waals surface area contributed by atoms with E-state index in [2.05, 4.69) is 35.2 Å². The second-order valence-electron chi connectivity index (χ2n) is 4.75. The lowest BCUT2D eigenvalue weighted by molar-refractivity contribution is 0.146. The first-order chi connectivity index (χ1) is 9.35. The number of thioether (sulfide) groups is 1. The average molecular weight is 276 g/mol. The van der Waals surface area contributed by atoms with E-state index in [-0.39, 0.29) is 0 Å². The van der Waals surface area contributed by atoms with Gasteiger partial charge in [0.2, 0.25) is 0 Å². The van der Waals surface area contributed by atoms with Crippen LogP contribution in [0.2, 0.25) is 0 Å². The third-order valence-corrected chi connectivity index (χ3v) is 4.68. The van der Waals surface area contributed by atoms with Gasteiger partial charge in [0, 0.05) is 49.7 Å². The van der Waals surface area contributed by atoms with Gasteiger partial charge in [0.1, 0.15) is 0 Å². The summed E-state index contributed by atoms with van der Waals surface area (Å²) in [5.74, 6) is 1.73. The van der Waals surface area contributed by atoms with Crippen molar-refractivity contribution in [2.24, 2.45) is 0 Å². The van der Waals surface area contributed by atoms with Crippen LogP contribution in [0.5, 0.6) is 0 Å². The maximum atomic E-state index is 8.75. The molecule has 0 amide bonds. The molecular weight excluding hydrogens is 256 g/mol. The number of nitrogens with zero attached hydrogens (tertiary/aromatic N) is 2. The van der Waals surface area contributed by atoms with Crippen LogP contribution in [0, 0.1) is 11.3 Å². The van der Waals surface area contributed by atoms with Gasteiger partial charge in [-0.05, 0) is 11.6 Å². The first-order valence-electron chi connectivity index (χ1n) is 6.65. The Morgan fingerprint density at radius 1 is 1.42 bits per heavy atom. The number of rotatable bonds is 7. The molecule has 0 N–H and O–H groups in total. The maximum absolute atomic E-state index is 8.75. The van der Waals surface area contributed by atoms with Crippen molar-refractivity contribution in [1.82, 2.24) is 4.90 Å². The highest BCUT2D eigenvalue weighted by atomic mass is 32.2. The van der Waals surface area contributed by atoms with Gasteiger partial charge in [-0.2, -0.15) is 5.26 Å². The number of ether oxygens (including phenoxy) is 1. The minimum atomic E-state index is 0.580. The van der Waals surface area contributed by atoms with Gasteiger partial charge >= 0.3 is 0 Å². The van der Waals surface area contributed by atoms with Gasteiger partial charge in [-0.25, -0.2) is 0 Å². The van der Waals surface area contributed by atoms with Gasteiger partial charge in [-0.3, -0.25) is 4.90 Å². The van der Waals surface area contributed by atoms with Gasteiger partial charge in [-0.1, -0.05) is 18.2 Å². The molecular formula is C15H20N2OS. The molecule has 3 nitrogen and oxygen atoms in total. The molecule has 1 aliphatic rings. The normalized spacial score (nSPS) is 17.4. The fourth-order valence-corrected chi connectivity index (χ4v) is 3.66. The van der Waals surface area contributed by atoms with Gasteiger partial charge in [0.05, 0.1) is 12.7 Å². The summed E-state index contributed by atoms with van der Waals surface area (Å²) in [7, 11) is 1.73. The van der Waals surface area contributed by atoms with Crippen molar-refractivity contribution in [3.63, 3.8) is 0 Å². The van der Waals surface area contributed by atoms with Crippen molar-refractivity contribution >= 4 is 11.8 Å². The zero-order chi connectivity index (χ0) is 13.5. The van der Waals surface area contributed by atoms with Crippen molar-refractivity contribution in [2.75, 3.05) is 39.1 Å². The molecule has 1 aromatic carbocycles. The number of methoxy groups -OCH3 is 1. The molecule has 1 atom stereocenters. The number of fused-ring (bicyclic) bond motifs is 1. The van der Waals surface area contributed by atoms with Crippen molar-refractivity contribution in [3.8, 4) is 6.07 Å². The molecule has 0 bridgehead atoms. The van der Waals surface area contributed by atoms with Crippen molar-refractivity contribution in [3.05, 3.63) is 29.8 Å². The van der Waals surface area contributed by atoms with Crippen LogP contribution in [0.1, 0.15) is 17.9 Å². The lowest BCUT2D eigenvalue weighted by Gasteiger charge is -2.24. The Kier molecular flexibility index (Phi) is 5.71. The summed E-state index contributed by atoms with van der Waals surface area (Å²) < 4.78 is 5.16. The van der Waals surface area contributed by atoms with Crippen molar-refractivity contribution in [2.45, 2.75) is 17.2 Å². The molecule has 1 heterocycles. The highest BCUT2D eigenvalue weighted by molar-refractivity contribution is 7.99. The summed E-state index contributed by atoms with van der Waals surface area (Å²) in [5, 5.41) is 8.75. The monoisotopic (exact) mass is 276 g/mol. The Balaban J connectivity index is 1.96. The second kappa shape index (κ2) is 7.54. The SMILES string of the molecule is COCCN(CCC#N)CC1CSc2ccccc21. The Morgan fingerprint density at radius 3 is 3.05 bits per heavy atom. The minimum absolute atomic E-state index is 0.580. The van der Waals surface area contributed by atoms with E-state index < -0.39 is 0 Å². The predicted octanol–water partition coefficient (Wildman–Crippen LogP) is 2.74. The number of benzene rings is 1. The Labute approximate surface area is 119 Å². The molecule has 0 aromatic heterocycles. The summed E-state index contributed by atoms with van der Waals surface area (Å²) in [6, 6.07) is 10.9. The van der Waals surface area contributed by atoms with Gasteiger partial charge in [-0.15, -0.1) is 11.8 Å². The van der Waals surface area contributed by atoms with Crippen LogP contribution in [0.3, 0.4) is 0 Å². The highest BCUT2D eigenvalue weighted by Gasteiger charge is 2.24. The highest BCUT2D eigenvalue weighted by Crippen LogP contribution is 2.39. The molecule has 0 saturated carbocycles. The third-order valence-electron chi connectivity index (χ3n) is 3.43. The third kappa shape index (κ3) is 3.97. The largest absolute Gasteiger partial charge is 0.383 e. The molecule has 0 aliphatic carbocycles. The molecule has 102 valence electrons. The molecule has 2 rings (SSSR count). The van der Waals surface area contributed by atoms with Gasteiger partial charge in [0.15, 0.2) is 0 Å². The molecule has 0 spiro atoms. The Bertz CT molecular complexity index is 444. The number of nitriles is 1. The van der Waals surface area contributed by atoms with E-state index in [1.165, 1.54) is 10.5 Å². The van der Waals surface area contributed by atoms with Crippen molar-refractivity contribution < 1.29 is 4.74 Å². The van der Waals surface area contributed by atoms with E-state index >= 15 is 0 Å². The summed E-state index contributed by atoms with van der Waals surface area (Å²) in [5.41, 5.74) is 1.46. The van der Waals surface area contributed by atoms with Crippen LogP contribution in [0.4, 0.5) is 0 Å². The van der Waals surface area contributed by atoms with E-state index in [1.54, 1.807) is 7.11 Å². The van der Waals surface area contributed by atoms with Crippen LogP contribution in [0.25, 0.3) is 0 Å². The number of hydrogen-bond acceptors (Lipinski definition) is 4. The van der Waals surface area contributed by atoms with Crippen LogP contribution in [0.15, 0.2) is 29.2 Å². The molecule has 4 heteroatoms. The first-order valence-corrected chi connectivity index (χ1v) is 7.63. The van der Waals surface area contributed by atoms with Crippen LogP contribution < -0.4 is 0 Å². The lowest BCUT2D eigenvalue weighted by Crippen LogP contribution is -2.32. The van der Waals surface area contributed by atoms with Crippen molar-refractivity contribution in [1.29, 1.82) is 5.26 Å². The average Bonchev–Trinajstić information content (AvgIpc) is 2.85. The van der Waals surface area contributed by atoms with E-state index in [0.29, 0.717) is 12.3 Å². The van der Waals surface area contributed by atoms with E-state index in [9.17, 15) is 0 Å². The van der Waals surface area contributed by atoms with Crippen LogP contribution >= 0.6 is 11.8 Å². The fourth-order valence-electron chi connectivity index (χ4n) is 2.42. The second-order valence-corrected chi connectivity index (χ2v) is 5.81. The molecule has 19 heavy (non-hydrogen) atoms. The molecule has 1 aromatic rings. The molecule has 0 radical (unpaired) electrons. The standard InChI is InChI=1S/C15H20N2OS/c1-18-10-9-17(8-4-7-16)11-13-12-19-15-6-3-2-5-14(13)15/h2-3,5-6,13H,4,8-12H2,1H3. The number of hydrogen-bond donors (Lipinski definition) is 0. The predicted molar refractivity (Wildman–Crippen MR) is 78.5 cm³/mol. The maximum Gasteiger partial charge on any atom is 0.0635 e. The fraction of sp³-hybridized carbons (Fsp3) is 0.533. The molecule has 0 fully saturated rings. The van der Waals surface area contributed by atoms with Gasteiger partial charge in [0.25, 0.3) is 0 Å². The zero-order valence-corrected chi connectivity index (χ0v) is 12.2. The zero-order valence-electron chi connectivity index (χ0n) is 11.3. The van der Waals surface area contributed by atoms with Crippen LogP contribution in [-0.2, 0) is 4.74 Å². The topological polar surface area (TPSA) is 36.3 Å². The lowest BCUT2D eigenvalue weighted by atomic mass is 10.0. The quantitative estimate of drug-likeness (QED) is 0.767. The summed E-state index contributed by atoms with van der Waals surface area (Å²) in [6.45, 7) is 3.49. The molecule has 1 unspecified atom stereocenters. The Hall–Kier alpha value is -1.02. The molecule has 1 aliphatic heterocycles. The smallest absolute Gasteiger partial charge is 0.0635 e. The minimum Gasteiger partial charge on any atom is -0.383 e. The van der Waals surface area contributed by atoms with E-state index in [4.69, 9.17) is 10.00 Å². The summed E-state index contributed by atoms with van der Waals surface area (Å²) >= 11 is 1.94. The molecule has 0 saturated heterocycles. The van der Waals surface area contributed by atoms with E-state index in [0.717, 1.165) is 32.0 Å².